The highest BCUT2D eigenvalue weighted by molar-refractivity contribution is 8.07. The Hall–Kier alpha value is 0.490. The van der Waals surface area contributed by atoms with Crippen molar-refractivity contribution in [2.24, 2.45) is 0 Å². The van der Waals surface area contributed by atoms with Gasteiger partial charge in [0.25, 0.3) is 0 Å². The van der Waals surface area contributed by atoms with Gasteiger partial charge in [-0.2, -0.15) is 0 Å². The second-order valence-corrected chi connectivity index (χ2v) is 5.91. The standard InChI is InChI=1S/C8H20NO3PS/c1-6-10-13(14,11-7-2)12-8(3)9(4)5/h8H,6-7H2,1-5H3. The number of hydrogen-bond donors (Lipinski definition) is 0. The molecule has 0 aliphatic rings. The molecule has 0 aromatic heterocycles. The Labute approximate surface area is 91.8 Å². The third-order valence-electron chi connectivity index (χ3n) is 1.58. The maximum Gasteiger partial charge on any atom is 0.328 e. The van der Waals surface area contributed by atoms with Gasteiger partial charge in [-0.25, -0.2) is 0 Å². The normalized spacial score (nSPS) is 14.7. The first-order chi connectivity index (χ1) is 6.45. The summed E-state index contributed by atoms with van der Waals surface area (Å²) in [5.74, 6) is 0. The summed E-state index contributed by atoms with van der Waals surface area (Å²) >= 11 is 5.21. The molecule has 86 valence electrons. The molecule has 14 heavy (non-hydrogen) atoms. The molecule has 1 unspecified atom stereocenters. The van der Waals surface area contributed by atoms with Crippen molar-refractivity contribution in [3.05, 3.63) is 0 Å². The Morgan fingerprint density at radius 1 is 1.21 bits per heavy atom. The fourth-order valence-electron chi connectivity index (χ4n) is 0.695. The highest BCUT2D eigenvalue weighted by Gasteiger charge is 2.23. The Morgan fingerprint density at radius 2 is 1.64 bits per heavy atom. The zero-order chi connectivity index (χ0) is 11.2. The zero-order valence-corrected chi connectivity index (χ0v) is 11.2. The van der Waals surface area contributed by atoms with Crippen LogP contribution >= 0.6 is 6.72 Å². The van der Waals surface area contributed by atoms with Crippen LogP contribution in [-0.4, -0.2) is 38.4 Å². The van der Waals surface area contributed by atoms with E-state index in [4.69, 9.17) is 25.4 Å². The summed E-state index contributed by atoms with van der Waals surface area (Å²) < 4.78 is 16.3. The van der Waals surface area contributed by atoms with Gasteiger partial charge in [-0.05, 0) is 46.7 Å². The Bertz CT molecular complexity index is 191. The van der Waals surface area contributed by atoms with Gasteiger partial charge in [0.1, 0.15) is 6.23 Å². The number of rotatable bonds is 7. The zero-order valence-electron chi connectivity index (χ0n) is 9.52. The highest BCUT2D eigenvalue weighted by Crippen LogP contribution is 2.50. The van der Waals surface area contributed by atoms with Gasteiger partial charge in [0.2, 0.25) is 0 Å². The van der Waals surface area contributed by atoms with E-state index in [1.54, 1.807) is 0 Å². The van der Waals surface area contributed by atoms with Crippen LogP contribution in [0, 0.1) is 0 Å². The van der Waals surface area contributed by atoms with Crippen molar-refractivity contribution >= 4 is 18.5 Å². The van der Waals surface area contributed by atoms with E-state index in [-0.39, 0.29) is 6.23 Å². The summed E-state index contributed by atoms with van der Waals surface area (Å²) in [7, 11) is 3.84. The predicted molar refractivity (Wildman–Crippen MR) is 61.8 cm³/mol. The first kappa shape index (κ1) is 14.5. The molecule has 0 fully saturated rings. The minimum atomic E-state index is -2.54. The van der Waals surface area contributed by atoms with Crippen LogP contribution in [0.1, 0.15) is 20.8 Å². The lowest BCUT2D eigenvalue weighted by atomic mass is 10.6. The molecule has 0 aliphatic heterocycles. The lowest BCUT2D eigenvalue weighted by molar-refractivity contribution is 0.0475. The van der Waals surface area contributed by atoms with Crippen LogP contribution in [0.5, 0.6) is 0 Å². The van der Waals surface area contributed by atoms with Gasteiger partial charge >= 0.3 is 6.72 Å². The average molecular weight is 241 g/mol. The van der Waals surface area contributed by atoms with E-state index < -0.39 is 6.72 Å². The third-order valence-corrected chi connectivity index (χ3v) is 4.19. The Kier molecular flexibility index (Phi) is 7.12. The molecule has 0 saturated heterocycles. The van der Waals surface area contributed by atoms with Crippen LogP contribution in [-0.2, 0) is 25.4 Å². The van der Waals surface area contributed by atoms with E-state index in [1.165, 1.54) is 0 Å². The van der Waals surface area contributed by atoms with Crippen molar-refractivity contribution in [3.63, 3.8) is 0 Å². The summed E-state index contributed by atoms with van der Waals surface area (Å²) in [5.41, 5.74) is 0. The predicted octanol–water partition coefficient (Wildman–Crippen LogP) is 2.21. The first-order valence-corrected chi connectivity index (χ1v) is 7.24. The molecule has 1 atom stereocenters. The molecule has 0 bridgehead atoms. The summed E-state index contributed by atoms with van der Waals surface area (Å²) in [6.45, 7) is 4.16. The molecule has 4 nitrogen and oxygen atoms in total. The lowest BCUT2D eigenvalue weighted by Gasteiger charge is -2.27. The fraction of sp³-hybridized carbons (Fsp3) is 1.00. The molecule has 0 aromatic carbocycles. The molecule has 0 spiro atoms. The van der Waals surface area contributed by atoms with Crippen molar-refractivity contribution in [1.29, 1.82) is 0 Å². The average Bonchev–Trinajstić information content (AvgIpc) is 2.04. The summed E-state index contributed by atoms with van der Waals surface area (Å²) in [5, 5.41) is 0. The first-order valence-electron chi connectivity index (χ1n) is 4.69. The summed E-state index contributed by atoms with van der Waals surface area (Å²) in [4.78, 5) is 1.92. The van der Waals surface area contributed by atoms with Crippen LogP contribution in [0.3, 0.4) is 0 Å². The van der Waals surface area contributed by atoms with Gasteiger partial charge in [-0.1, -0.05) is 0 Å². The number of nitrogens with zero attached hydrogens (tertiary/aromatic N) is 1. The molecule has 0 saturated carbocycles. The van der Waals surface area contributed by atoms with E-state index in [9.17, 15) is 0 Å². The van der Waals surface area contributed by atoms with Gasteiger partial charge < -0.3 is 9.05 Å². The second kappa shape index (κ2) is 6.88. The summed E-state index contributed by atoms with van der Waals surface area (Å²) in [6, 6.07) is 0. The molecule has 0 amide bonds. The van der Waals surface area contributed by atoms with E-state index in [1.807, 2.05) is 39.8 Å². The Balaban J connectivity index is 4.28. The van der Waals surface area contributed by atoms with Crippen LogP contribution in [0.2, 0.25) is 0 Å². The highest BCUT2D eigenvalue weighted by atomic mass is 32.5. The van der Waals surface area contributed by atoms with Crippen molar-refractivity contribution in [2.75, 3.05) is 27.3 Å². The maximum absolute atomic E-state index is 5.59. The third kappa shape index (κ3) is 5.39. The van der Waals surface area contributed by atoms with E-state index in [0.717, 1.165) is 0 Å². The molecular formula is C8H20NO3PS. The smallest absolute Gasteiger partial charge is 0.309 e. The molecule has 0 radical (unpaired) electrons. The molecule has 0 rings (SSSR count). The number of hydrogen-bond acceptors (Lipinski definition) is 5. The summed E-state index contributed by atoms with van der Waals surface area (Å²) in [6.07, 6.45) is -0.0982. The van der Waals surface area contributed by atoms with Crippen molar-refractivity contribution < 1.29 is 13.6 Å². The quantitative estimate of drug-likeness (QED) is 0.504. The molecule has 0 aliphatic carbocycles. The van der Waals surface area contributed by atoms with Gasteiger partial charge in [-0.15, -0.1) is 0 Å². The maximum atomic E-state index is 5.59. The van der Waals surface area contributed by atoms with Crippen molar-refractivity contribution in [3.8, 4) is 0 Å². The van der Waals surface area contributed by atoms with E-state index in [0.29, 0.717) is 13.2 Å². The van der Waals surface area contributed by atoms with Crippen LogP contribution < -0.4 is 0 Å². The van der Waals surface area contributed by atoms with Crippen molar-refractivity contribution in [1.82, 2.24) is 4.90 Å². The van der Waals surface area contributed by atoms with Crippen LogP contribution in [0.4, 0.5) is 0 Å². The van der Waals surface area contributed by atoms with E-state index in [2.05, 4.69) is 0 Å². The van der Waals surface area contributed by atoms with Gasteiger partial charge in [0.15, 0.2) is 0 Å². The Morgan fingerprint density at radius 3 is 1.93 bits per heavy atom. The van der Waals surface area contributed by atoms with Crippen molar-refractivity contribution in [2.45, 2.75) is 27.0 Å². The molecular weight excluding hydrogens is 221 g/mol. The van der Waals surface area contributed by atoms with Crippen LogP contribution in [0.15, 0.2) is 0 Å². The van der Waals surface area contributed by atoms with Crippen LogP contribution in [0.25, 0.3) is 0 Å². The topological polar surface area (TPSA) is 30.9 Å². The molecule has 6 heteroatoms. The largest absolute Gasteiger partial charge is 0.328 e. The SMILES string of the molecule is CCOP(=S)(OCC)OC(C)N(C)C. The van der Waals surface area contributed by atoms with E-state index >= 15 is 0 Å². The minimum absolute atomic E-state index is 0.0982. The van der Waals surface area contributed by atoms with Gasteiger partial charge in [0.05, 0.1) is 13.2 Å². The second-order valence-electron chi connectivity index (χ2n) is 2.95. The monoisotopic (exact) mass is 241 g/mol. The van der Waals surface area contributed by atoms with Gasteiger partial charge in [-0.3, -0.25) is 9.42 Å². The minimum Gasteiger partial charge on any atom is -0.309 e. The fourth-order valence-corrected chi connectivity index (χ4v) is 3.09. The molecule has 0 aromatic rings. The van der Waals surface area contributed by atoms with Gasteiger partial charge in [0, 0.05) is 0 Å². The lowest BCUT2D eigenvalue weighted by Crippen LogP contribution is -2.27. The molecule has 0 N–H and O–H groups in total. The molecule has 0 heterocycles.